The summed E-state index contributed by atoms with van der Waals surface area (Å²) in [6.07, 6.45) is 0. The second kappa shape index (κ2) is 5.54. The average molecular weight is 270 g/mol. The van der Waals surface area contributed by atoms with Crippen LogP contribution in [0.2, 0.25) is 10.0 Å². The van der Waals surface area contributed by atoms with Crippen molar-refractivity contribution in [1.82, 2.24) is 15.5 Å². The maximum atomic E-state index is 6.12. The van der Waals surface area contributed by atoms with Gasteiger partial charge in [0, 0.05) is 22.8 Å². The van der Waals surface area contributed by atoms with Gasteiger partial charge in [-0.25, -0.2) is 0 Å². The Kier molecular flexibility index (Phi) is 4.05. The summed E-state index contributed by atoms with van der Waals surface area (Å²) in [5.41, 5.74) is 2.75. The zero-order chi connectivity index (χ0) is 12.3. The zero-order valence-corrected chi connectivity index (χ0v) is 10.9. The monoisotopic (exact) mass is 269 g/mol. The van der Waals surface area contributed by atoms with Crippen molar-refractivity contribution in [3.8, 4) is 11.3 Å². The van der Waals surface area contributed by atoms with Crippen molar-refractivity contribution in [2.45, 2.75) is 13.5 Å². The molecule has 0 fully saturated rings. The van der Waals surface area contributed by atoms with Gasteiger partial charge in [-0.1, -0.05) is 30.1 Å². The van der Waals surface area contributed by atoms with Crippen LogP contribution in [0.1, 0.15) is 12.6 Å². The number of nitrogens with one attached hydrogen (secondary N) is 2. The second-order valence-electron chi connectivity index (χ2n) is 3.68. The van der Waals surface area contributed by atoms with E-state index in [1.165, 1.54) is 0 Å². The van der Waals surface area contributed by atoms with E-state index in [0.29, 0.717) is 10.0 Å². The molecule has 0 saturated heterocycles. The van der Waals surface area contributed by atoms with Gasteiger partial charge < -0.3 is 5.32 Å². The Hall–Kier alpha value is -1.03. The molecule has 5 heteroatoms. The minimum Gasteiger partial charge on any atom is -0.311 e. The summed E-state index contributed by atoms with van der Waals surface area (Å²) in [5.74, 6) is 0. The van der Waals surface area contributed by atoms with Crippen LogP contribution in [0.5, 0.6) is 0 Å². The van der Waals surface area contributed by atoms with Crippen molar-refractivity contribution in [1.29, 1.82) is 0 Å². The molecule has 2 aromatic rings. The quantitative estimate of drug-likeness (QED) is 0.892. The lowest BCUT2D eigenvalue weighted by Crippen LogP contribution is -2.11. The first-order valence-corrected chi connectivity index (χ1v) is 6.16. The standard InChI is InChI=1S/C12H13Cl2N3/c1-2-15-7-9-6-12(17-16-9)10-4-3-8(13)5-11(10)14/h3-6,15H,2,7H2,1H3,(H,16,17). The van der Waals surface area contributed by atoms with Gasteiger partial charge in [-0.05, 0) is 30.8 Å². The Bertz CT molecular complexity index is 508. The highest BCUT2D eigenvalue weighted by molar-refractivity contribution is 6.36. The van der Waals surface area contributed by atoms with E-state index >= 15 is 0 Å². The Morgan fingerprint density at radius 1 is 1.29 bits per heavy atom. The maximum absolute atomic E-state index is 6.12. The predicted octanol–water partition coefficient (Wildman–Crippen LogP) is 3.49. The number of aromatic amines is 1. The van der Waals surface area contributed by atoms with Gasteiger partial charge in [-0.2, -0.15) is 5.10 Å². The first-order valence-electron chi connectivity index (χ1n) is 5.41. The van der Waals surface area contributed by atoms with Crippen molar-refractivity contribution in [3.05, 3.63) is 40.0 Å². The van der Waals surface area contributed by atoms with Gasteiger partial charge in [-0.15, -0.1) is 0 Å². The van der Waals surface area contributed by atoms with Gasteiger partial charge in [0.1, 0.15) is 0 Å². The molecule has 0 spiro atoms. The highest BCUT2D eigenvalue weighted by atomic mass is 35.5. The predicted molar refractivity (Wildman–Crippen MR) is 71.4 cm³/mol. The third-order valence-corrected chi connectivity index (χ3v) is 2.95. The van der Waals surface area contributed by atoms with E-state index in [-0.39, 0.29) is 0 Å². The highest BCUT2D eigenvalue weighted by Crippen LogP contribution is 2.29. The molecular formula is C12H13Cl2N3. The first kappa shape index (κ1) is 12.4. The van der Waals surface area contributed by atoms with Gasteiger partial charge in [-0.3, -0.25) is 5.10 Å². The van der Waals surface area contributed by atoms with Gasteiger partial charge >= 0.3 is 0 Å². The molecule has 2 N–H and O–H groups in total. The minimum atomic E-state index is 0.610. The number of halogens is 2. The molecule has 1 aromatic carbocycles. The summed E-state index contributed by atoms with van der Waals surface area (Å²) in [4.78, 5) is 0. The summed E-state index contributed by atoms with van der Waals surface area (Å²) >= 11 is 12.0. The third kappa shape index (κ3) is 3.00. The molecule has 90 valence electrons. The van der Waals surface area contributed by atoms with E-state index in [0.717, 1.165) is 30.0 Å². The lowest BCUT2D eigenvalue weighted by atomic mass is 10.1. The maximum Gasteiger partial charge on any atom is 0.0939 e. The molecule has 2 rings (SSSR count). The lowest BCUT2D eigenvalue weighted by Gasteiger charge is -2.00. The molecule has 0 radical (unpaired) electrons. The van der Waals surface area contributed by atoms with Crippen LogP contribution in [0.4, 0.5) is 0 Å². The van der Waals surface area contributed by atoms with Gasteiger partial charge in [0.2, 0.25) is 0 Å². The molecule has 0 aliphatic rings. The number of benzene rings is 1. The topological polar surface area (TPSA) is 40.7 Å². The molecule has 0 atom stereocenters. The molecule has 0 saturated carbocycles. The van der Waals surface area contributed by atoms with Crippen LogP contribution in [0, 0.1) is 0 Å². The molecule has 0 aliphatic heterocycles. The lowest BCUT2D eigenvalue weighted by molar-refractivity contribution is 0.707. The number of H-pyrrole nitrogens is 1. The summed E-state index contributed by atoms with van der Waals surface area (Å²) in [7, 11) is 0. The Balaban J connectivity index is 2.24. The number of hydrogen-bond acceptors (Lipinski definition) is 2. The number of rotatable bonds is 4. The third-order valence-electron chi connectivity index (χ3n) is 2.40. The molecule has 1 heterocycles. The molecule has 0 unspecified atom stereocenters. The first-order chi connectivity index (χ1) is 8.20. The Morgan fingerprint density at radius 2 is 2.12 bits per heavy atom. The Morgan fingerprint density at radius 3 is 2.82 bits per heavy atom. The number of nitrogens with zero attached hydrogens (tertiary/aromatic N) is 1. The molecule has 0 bridgehead atoms. The van der Waals surface area contributed by atoms with Crippen LogP contribution in [-0.4, -0.2) is 16.7 Å². The molecular weight excluding hydrogens is 257 g/mol. The van der Waals surface area contributed by atoms with Crippen molar-refractivity contribution in [2.24, 2.45) is 0 Å². The van der Waals surface area contributed by atoms with Crippen LogP contribution >= 0.6 is 23.2 Å². The summed E-state index contributed by atoms with van der Waals surface area (Å²) < 4.78 is 0. The zero-order valence-electron chi connectivity index (χ0n) is 9.43. The summed E-state index contributed by atoms with van der Waals surface area (Å²) in [6.45, 7) is 3.76. The fourth-order valence-electron chi connectivity index (χ4n) is 1.55. The average Bonchev–Trinajstić information content (AvgIpc) is 2.75. The van der Waals surface area contributed by atoms with Crippen molar-refractivity contribution < 1.29 is 0 Å². The van der Waals surface area contributed by atoms with Crippen LogP contribution in [0.3, 0.4) is 0 Å². The minimum absolute atomic E-state index is 0.610. The van der Waals surface area contributed by atoms with E-state index in [1.807, 2.05) is 12.1 Å². The second-order valence-corrected chi connectivity index (χ2v) is 4.53. The smallest absolute Gasteiger partial charge is 0.0939 e. The molecule has 17 heavy (non-hydrogen) atoms. The van der Waals surface area contributed by atoms with Gasteiger partial charge in [0.25, 0.3) is 0 Å². The SMILES string of the molecule is CCNCc1cc(-c2ccc(Cl)cc2Cl)n[nH]1. The summed E-state index contributed by atoms with van der Waals surface area (Å²) in [5, 5.41) is 11.7. The van der Waals surface area contributed by atoms with Crippen molar-refractivity contribution >= 4 is 23.2 Å². The van der Waals surface area contributed by atoms with Crippen LogP contribution in [0.25, 0.3) is 11.3 Å². The number of hydrogen-bond donors (Lipinski definition) is 2. The van der Waals surface area contributed by atoms with E-state index in [4.69, 9.17) is 23.2 Å². The van der Waals surface area contributed by atoms with E-state index in [1.54, 1.807) is 12.1 Å². The van der Waals surface area contributed by atoms with E-state index in [2.05, 4.69) is 22.4 Å². The normalized spacial score (nSPS) is 10.8. The summed E-state index contributed by atoms with van der Waals surface area (Å²) in [6, 6.07) is 7.38. The van der Waals surface area contributed by atoms with Crippen LogP contribution in [0.15, 0.2) is 24.3 Å². The fourth-order valence-corrected chi connectivity index (χ4v) is 2.05. The fraction of sp³-hybridized carbons (Fsp3) is 0.250. The molecule has 0 amide bonds. The number of aromatic nitrogens is 2. The largest absolute Gasteiger partial charge is 0.311 e. The van der Waals surface area contributed by atoms with Gasteiger partial charge in [0.05, 0.1) is 10.7 Å². The van der Waals surface area contributed by atoms with E-state index < -0.39 is 0 Å². The molecule has 1 aromatic heterocycles. The van der Waals surface area contributed by atoms with Crippen molar-refractivity contribution in [3.63, 3.8) is 0 Å². The van der Waals surface area contributed by atoms with E-state index in [9.17, 15) is 0 Å². The van der Waals surface area contributed by atoms with Crippen LogP contribution < -0.4 is 5.32 Å². The highest BCUT2D eigenvalue weighted by Gasteiger charge is 2.08. The molecule has 3 nitrogen and oxygen atoms in total. The van der Waals surface area contributed by atoms with Crippen LogP contribution in [-0.2, 0) is 6.54 Å². The van der Waals surface area contributed by atoms with Crippen molar-refractivity contribution in [2.75, 3.05) is 6.54 Å². The molecule has 0 aliphatic carbocycles. The Labute approximate surface area is 110 Å². The van der Waals surface area contributed by atoms with Gasteiger partial charge in [0.15, 0.2) is 0 Å².